The summed E-state index contributed by atoms with van der Waals surface area (Å²) >= 11 is 0. The van der Waals surface area contributed by atoms with Gasteiger partial charge in [0.1, 0.15) is 17.8 Å². The Hall–Kier alpha value is -2.14. The molecule has 2 aromatic rings. The van der Waals surface area contributed by atoms with E-state index in [0.717, 1.165) is 62.0 Å². The molecule has 1 aliphatic rings. The summed E-state index contributed by atoms with van der Waals surface area (Å²) in [5, 5.41) is 9.48. The molecule has 0 aromatic carbocycles. The van der Waals surface area contributed by atoms with Gasteiger partial charge in [0.25, 0.3) is 0 Å². The SMILES string of the molecule is CCCN(CC1(C(C)C(C)S(=O)(=O)CC(CCCC#N)C(C)C)CC1)c1ncnc2[nH]ccc12. The summed E-state index contributed by atoms with van der Waals surface area (Å²) < 4.78 is 27.0. The second-order valence-electron chi connectivity index (χ2n) is 10.6. The van der Waals surface area contributed by atoms with Gasteiger partial charge >= 0.3 is 0 Å². The maximum atomic E-state index is 13.5. The van der Waals surface area contributed by atoms with Crippen LogP contribution in [0.2, 0.25) is 0 Å². The highest BCUT2D eigenvalue weighted by Gasteiger charge is 2.52. The van der Waals surface area contributed by atoms with E-state index in [9.17, 15) is 8.42 Å². The summed E-state index contributed by atoms with van der Waals surface area (Å²) in [6.45, 7) is 12.1. The van der Waals surface area contributed by atoms with Gasteiger partial charge in [-0.25, -0.2) is 18.4 Å². The number of nitrogens with zero attached hydrogens (tertiary/aromatic N) is 4. The molecule has 3 rings (SSSR count). The van der Waals surface area contributed by atoms with Crippen LogP contribution in [-0.2, 0) is 9.84 Å². The molecule has 0 amide bonds. The Balaban J connectivity index is 1.76. The summed E-state index contributed by atoms with van der Waals surface area (Å²) in [5.74, 6) is 1.59. The standard InChI is InChI=1S/C26H41N5O2S/c1-6-15-31(25-23-10-14-28-24(23)29-18-30-25)17-26(11-12-26)20(4)21(5)34(32,33)16-22(19(2)3)9-7-8-13-27/h10,14,18-22H,6-9,11-12,15-17H2,1-5H3,(H,28,29,30). The number of unbranched alkanes of at least 4 members (excludes halogenated alkanes) is 1. The molecular weight excluding hydrogens is 446 g/mol. The lowest BCUT2D eigenvalue weighted by Gasteiger charge is -2.35. The van der Waals surface area contributed by atoms with Crippen LogP contribution in [0.5, 0.6) is 0 Å². The van der Waals surface area contributed by atoms with Crippen molar-refractivity contribution in [2.45, 2.75) is 78.4 Å². The molecule has 1 fully saturated rings. The van der Waals surface area contributed by atoms with Gasteiger partial charge in [-0.2, -0.15) is 5.26 Å². The van der Waals surface area contributed by atoms with Gasteiger partial charge in [-0.15, -0.1) is 0 Å². The molecule has 3 atom stereocenters. The number of hydrogen-bond donors (Lipinski definition) is 1. The maximum Gasteiger partial charge on any atom is 0.153 e. The molecule has 2 aromatic heterocycles. The Morgan fingerprint density at radius 1 is 1.24 bits per heavy atom. The average molecular weight is 488 g/mol. The number of anilines is 1. The van der Waals surface area contributed by atoms with Crippen LogP contribution in [0.4, 0.5) is 5.82 Å². The molecule has 1 saturated carbocycles. The van der Waals surface area contributed by atoms with Crippen LogP contribution in [0.15, 0.2) is 18.6 Å². The number of aromatic nitrogens is 3. The zero-order chi connectivity index (χ0) is 24.9. The van der Waals surface area contributed by atoms with Crippen LogP contribution in [0, 0.1) is 34.5 Å². The number of fused-ring (bicyclic) bond motifs is 1. The van der Waals surface area contributed by atoms with Crippen LogP contribution in [0.3, 0.4) is 0 Å². The smallest absolute Gasteiger partial charge is 0.153 e. The van der Waals surface area contributed by atoms with Crippen LogP contribution in [0.25, 0.3) is 11.0 Å². The molecule has 2 heterocycles. The first-order valence-electron chi connectivity index (χ1n) is 12.8. The van der Waals surface area contributed by atoms with Crippen LogP contribution in [-0.4, -0.2) is 47.5 Å². The number of sulfone groups is 1. The normalized spacial score (nSPS) is 17.9. The molecule has 0 spiro atoms. The van der Waals surface area contributed by atoms with E-state index in [-0.39, 0.29) is 28.9 Å². The van der Waals surface area contributed by atoms with Crippen LogP contribution < -0.4 is 4.90 Å². The van der Waals surface area contributed by atoms with Gasteiger partial charge in [0.15, 0.2) is 9.84 Å². The van der Waals surface area contributed by atoms with Gasteiger partial charge < -0.3 is 9.88 Å². The predicted molar refractivity (Wildman–Crippen MR) is 138 cm³/mol. The topological polar surface area (TPSA) is 103 Å². The summed E-state index contributed by atoms with van der Waals surface area (Å²) in [7, 11) is -3.25. The fourth-order valence-electron chi connectivity index (χ4n) is 5.25. The minimum absolute atomic E-state index is 0.0105. The van der Waals surface area contributed by atoms with Crippen molar-refractivity contribution in [3.05, 3.63) is 18.6 Å². The zero-order valence-electron chi connectivity index (χ0n) is 21.4. The van der Waals surface area contributed by atoms with Gasteiger partial charge in [0.05, 0.1) is 22.5 Å². The molecule has 1 aliphatic carbocycles. The third-order valence-corrected chi connectivity index (χ3v) is 10.4. The Morgan fingerprint density at radius 2 is 1.97 bits per heavy atom. The molecule has 8 heteroatoms. The monoisotopic (exact) mass is 487 g/mol. The van der Waals surface area contributed by atoms with Crippen molar-refractivity contribution < 1.29 is 8.42 Å². The first-order chi connectivity index (χ1) is 16.1. The van der Waals surface area contributed by atoms with Crippen molar-refractivity contribution in [2.24, 2.45) is 23.2 Å². The first-order valence-corrected chi connectivity index (χ1v) is 14.5. The minimum atomic E-state index is -3.25. The lowest BCUT2D eigenvalue weighted by atomic mass is 9.87. The van der Waals surface area contributed by atoms with E-state index in [2.05, 4.69) is 53.6 Å². The van der Waals surface area contributed by atoms with Crippen molar-refractivity contribution >= 4 is 26.7 Å². The highest BCUT2D eigenvalue weighted by Crippen LogP contribution is 2.55. The molecule has 1 N–H and O–H groups in total. The van der Waals surface area contributed by atoms with Crippen molar-refractivity contribution in [3.63, 3.8) is 0 Å². The molecule has 0 saturated heterocycles. The van der Waals surface area contributed by atoms with Gasteiger partial charge in [-0.1, -0.05) is 27.7 Å². The summed E-state index contributed by atoms with van der Waals surface area (Å²) in [5.41, 5.74) is 0.819. The van der Waals surface area contributed by atoms with Crippen molar-refractivity contribution in [1.82, 2.24) is 15.0 Å². The Labute approximate surface area is 205 Å². The van der Waals surface area contributed by atoms with E-state index in [1.807, 2.05) is 19.2 Å². The third kappa shape index (κ3) is 5.91. The number of H-pyrrole nitrogens is 1. The summed E-state index contributed by atoms with van der Waals surface area (Å²) in [6, 6.07) is 4.20. The average Bonchev–Trinajstić information content (AvgIpc) is 3.42. The van der Waals surface area contributed by atoms with Crippen molar-refractivity contribution in [3.8, 4) is 6.07 Å². The molecule has 7 nitrogen and oxygen atoms in total. The van der Waals surface area contributed by atoms with Gasteiger partial charge in [0, 0.05) is 25.7 Å². The van der Waals surface area contributed by atoms with Gasteiger partial charge in [0.2, 0.25) is 0 Å². The highest BCUT2D eigenvalue weighted by molar-refractivity contribution is 7.92. The van der Waals surface area contributed by atoms with Crippen LogP contribution in [0.1, 0.15) is 73.1 Å². The predicted octanol–water partition coefficient (Wildman–Crippen LogP) is 5.36. The lowest BCUT2D eigenvalue weighted by molar-refractivity contribution is 0.319. The minimum Gasteiger partial charge on any atom is -0.355 e. The Bertz CT molecular complexity index is 1080. The molecule has 3 unspecified atom stereocenters. The van der Waals surface area contributed by atoms with E-state index in [4.69, 9.17) is 5.26 Å². The van der Waals surface area contributed by atoms with Gasteiger partial charge in [-0.3, -0.25) is 0 Å². The molecule has 0 radical (unpaired) electrons. The molecule has 34 heavy (non-hydrogen) atoms. The third-order valence-electron chi connectivity index (χ3n) is 8.01. The maximum absolute atomic E-state index is 13.5. The van der Waals surface area contributed by atoms with Crippen molar-refractivity contribution in [1.29, 1.82) is 5.26 Å². The summed E-state index contributed by atoms with van der Waals surface area (Å²) in [4.78, 5) is 14.4. The number of nitriles is 1. The lowest BCUT2D eigenvalue weighted by Crippen LogP contribution is -2.41. The highest BCUT2D eigenvalue weighted by atomic mass is 32.2. The number of aromatic amines is 1. The van der Waals surface area contributed by atoms with E-state index in [0.29, 0.717) is 6.42 Å². The second-order valence-corrected chi connectivity index (χ2v) is 13.0. The quantitative estimate of drug-likeness (QED) is 0.360. The number of rotatable bonds is 14. The molecular formula is C26H41N5O2S. The largest absolute Gasteiger partial charge is 0.355 e. The fraction of sp³-hybridized carbons (Fsp3) is 0.731. The summed E-state index contributed by atoms with van der Waals surface area (Å²) in [6.07, 6.45) is 8.62. The second kappa shape index (κ2) is 11.1. The van der Waals surface area contributed by atoms with Crippen LogP contribution >= 0.6 is 0 Å². The molecule has 188 valence electrons. The van der Waals surface area contributed by atoms with Crippen molar-refractivity contribution in [2.75, 3.05) is 23.7 Å². The fourth-order valence-corrected chi connectivity index (χ4v) is 7.61. The van der Waals surface area contributed by atoms with E-state index in [1.54, 1.807) is 6.33 Å². The van der Waals surface area contributed by atoms with E-state index >= 15 is 0 Å². The first kappa shape index (κ1) is 26.5. The van der Waals surface area contributed by atoms with E-state index < -0.39 is 15.1 Å². The number of nitrogens with one attached hydrogen (secondary N) is 1. The zero-order valence-corrected chi connectivity index (χ0v) is 22.2. The Kier molecular flexibility index (Phi) is 8.62. The van der Waals surface area contributed by atoms with E-state index in [1.165, 1.54) is 0 Å². The molecule has 0 aliphatic heterocycles. The van der Waals surface area contributed by atoms with Gasteiger partial charge in [-0.05, 0) is 68.3 Å². The number of hydrogen-bond acceptors (Lipinski definition) is 6. The molecule has 0 bridgehead atoms. The Morgan fingerprint density at radius 3 is 2.59 bits per heavy atom.